The zero-order valence-electron chi connectivity index (χ0n) is 5.19. The number of rotatable bonds is 1. The third kappa shape index (κ3) is 2.61. The van der Waals surface area contributed by atoms with Crippen LogP contribution in [-0.4, -0.2) is 4.98 Å². The van der Waals surface area contributed by atoms with E-state index in [1.807, 2.05) is 6.07 Å². The first-order valence-corrected chi connectivity index (χ1v) is 6.28. The summed E-state index contributed by atoms with van der Waals surface area (Å²) >= 11 is 6.43. The Bertz CT molecular complexity index is 244. The van der Waals surface area contributed by atoms with E-state index in [2.05, 4.69) is 72.8 Å². The van der Waals surface area contributed by atoms with E-state index in [0.29, 0.717) is 5.56 Å². The van der Waals surface area contributed by atoms with E-state index in [-0.39, 0.29) is 7.88 Å². The van der Waals surface area contributed by atoms with Gasteiger partial charge in [0.05, 0.1) is 1.93 Å². The van der Waals surface area contributed by atoms with Gasteiger partial charge in [0, 0.05) is 15.3 Å². The Morgan fingerprint density at radius 1 is 1.45 bits per heavy atom. The molecule has 0 spiro atoms. The van der Waals surface area contributed by atoms with Gasteiger partial charge < -0.3 is 0 Å². The number of nitrogens with zero attached hydrogens (tertiary/aromatic N) is 1. The molecule has 0 aliphatic heterocycles. The average molecular weight is 489 g/mol. The standard InChI is InChI=1S/C6H3FI3N/c7-5-4(6(9)10)3(8)1-2-11-5/h1-2,6H. The maximum absolute atomic E-state index is 13.0. The molecule has 0 bridgehead atoms. The lowest BCUT2D eigenvalue weighted by molar-refractivity contribution is 0.572. The van der Waals surface area contributed by atoms with E-state index in [0.717, 1.165) is 3.57 Å². The molecule has 60 valence electrons. The molecule has 1 heterocycles. The summed E-state index contributed by atoms with van der Waals surface area (Å²) in [5.41, 5.74) is 0.689. The highest BCUT2D eigenvalue weighted by Gasteiger charge is 2.13. The second-order valence-electron chi connectivity index (χ2n) is 1.80. The number of hydrogen-bond donors (Lipinski definition) is 0. The van der Waals surface area contributed by atoms with Crippen LogP contribution in [0.5, 0.6) is 0 Å². The van der Waals surface area contributed by atoms with Crippen LogP contribution in [0.2, 0.25) is 0 Å². The molecule has 0 aliphatic rings. The predicted octanol–water partition coefficient (Wildman–Crippen LogP) is 3.69. The van der Waals surface area contributed by atoms with Crippen molar-refractivity contribution in [2.24, 2.45) is 0 Å². The van der Waals surface area contributed by atoms with Crippen molar-refractivity contribution in [1.29, 1.82) is 0 Å². The van der Waals surface area contributed by atoms with Crippen molar-refractivity contribution in [2.75, 3.05) is 0 Å². The van der Waals surface area contributed by atoms with E-state index < -0.39 is 0 Å². The first kappa shape index (κ1) is 10.4. The van der Waals surface area contributed by atoms with Crippen LogP contribution in [0.4, 0.5) is 4.39 Å². The Morgan fingerprint density at radius 3 is 2.45 bits per heavy atom. The Labute approximate surface area is 105 Å². The molecule has 1 nitrogen and oxygen atoms in total. The van der Waals surface area contributed by atoms with E-state index in [4.69, 9.17) is 0 Å². The molecule has 0 amide bonds. The first-order chi connectivity index (χ1) is 5.13. The lowest BCUT2D eigenvalue weighted by Gasteiger charge is -2.04. The molecule has 0 unspecified atom stereocenters. The van der Waals surface area contributed by atoms with Crippen LogP contribution >= 0.6 is 67.8 Å². The van der Waals surface area contributed by atoms with Crippen LogP contribution in [-0.2, 0) is 0 Å². The minimum atomic E-state index is -0.356. The zero-order valence-corrected chi connectivity index (χ0v) is 11.7. The molecule has 0 saturated carbocycles. The van der Waals surface area contributed by atoms with Crippen LogP contribution < -0.4 is 0 Å². The lowest BCUT2D eigenvalue weighted by atomic mass is 10.3. The van der Waals surface area contributed by atoms with Gasteiger partial charge in [-0.25, -0.2) is 4.98 Å². The number of pyridine rings is 1. The van der Waals surface area contributed by atoms with Gasteiger partial charge in [0.2, 0.25) is 5.95 Å². The van der Waals surface area contributed by atoms with Crippen LogP contribution in [0, 0.1) is 9.52 Å². The van der Waals surface area contributed by atoms with Crippen LogP contribution in [0.1, 0.15) is 7.49 Å². The molecule has 0 aliphatic carbocycles. The summed E-state index contributed by atoms with van der Waals surface area (Å²) in [5.74, 6) is -0.356. The quantitative estimate of drug-likeness (QED) is 0.334. The molecule has 0 radical (unpaired) electrons. The molecule has 1 rings (SSSR count). The van der Waals surface area contributed by atoms with Crippen molar-refractivity contribution in [1.82, 2.24) is 4.98 Å². The van der Waals surface area contributed by atoms with Crippen molar-refractivity contribution < 1.29 is 4.39 Å². The van der Waals surface area contributed by atoms with Gasteiger partial charge in [-0.05, 0) is 28.7 Å². The summed E-state index contributed by atoms with van der Waals surface area (Å²) in [5, 5.41) is 0. The van der Waals surface area contributed by atoms with Gasteiger partial charge in [-0.3, -0.25) is 0 Å². The second-order valence-corrected chi connectivity index (χ2v) is 7.83. The summed E-state index contributed by atoms with van der Waals surface area (Å²) < 4.78 is 14.1. The van der Waals surface area contributed by atoms with Crippen molar-refractivity contribution in [3.05, 3.63) is 27.3 Å². The fraction of sp³-hybridized carbons (Fsp3) is 0.167. The molecule has 0 saturated heterocycles. The van der Waals surface area contributed by atoms with Gasteiger partial charge in [0.25, 0.3) is 0 Å². The highest BCUT2D eigenvalue weighted by Crippen LogP contribution is 2.34. The third-order valence-corrected chi connectivity index (χ3v) is 3.29. The fourth-order valence-corrected chi connectivity index (χ4v) is 3.69. The van der Waals surface area contributed by atoms with E-state index in [1.165, 1.54) is 6.20 Å². The maximum Gasteiger partial charge on any atom is 0.218 e. The molecule has 5 heteroatoms. The average Bonchev–Trinajstić information content (AvgIpc) is 1.85. The van der Waals surface area contributed by atoms with Gasteiger partial charge in [-0.15, -0.1) is 0 Å². The number of aromatic nitrogens is 1. The number of halogens is 4. The Kier molecular flexibility index (Phi) is 4.23. The Hall–Kier alpha value is 1.27. The van der Waals surface area contributed by atoms with Crippen LogP contribution in [0.25, 0.3) is 0 Å². The molecular formula is C6H3FI3N. The van der Waals surface area contributed by atoms with Crippen molar-refractivity contribution in [3.63, 3.8) is 0 Å². The molecule has 0 N–H and O–H groups in total. The molecule has 0 atom stereocenters. The van der Waals surface area contributed by atoms with E-state index in [1.54, 1.807) is 0 Å². The summed E-state index contributed by atoms with van der Waals surface area (Å²) in [6.07, 6.45) is 1.48. The van der Waals surface area contributed by atoms with Gasteiger partial charge >= 0.3 is 0 Å². The minimum Gasteiger partial charge on any atom is -0.228 e. The predicted molar refractivity (Wildman–Crippen MR) is 67.7 cm³/mol. The summed E-state index contributed by atoms with van der Waals surface area (Å²) in [6.45, 7) is 0. The van der Waals surface area contributed by atoms with E-state index in [9.17, 15) is 4.39 Å². The number of alkyl halides is 2. The van der Waals surface area contributed by atoms with Gasteiger partial charge in [-0.1, -0.05) is 45.2 Å². The zero-order chi connectivity index (χ0) is 8.43. The van der Waals surface area contributed by atoms with Crippen LogP contribution in [0.3, 0.4) is 0 Å². The smallest absolute Gasteiger partial charge is 0.218 e. The van der Waals surface area contributed by atoms with Gasteiger partial charge in [-0.2, -0.15) is 4.39 Å². The van der Waals surface area contributed by atoms with Gasteiger partial charge in [0.15, 0.2) is 0 Å². The fourth-order valence-electron chi connectivity index (χ4n) is 0.620. The van der Waals surface area contributed by atoms with Gasteiger partial charge in [0.1, 0.15) is 0 Å². The number of hydrogen-bond acceptors (Lipinski definition) is 1. The minimum absolute atomic E-state index is 0.144. The van der Waals surface area contributed by atoms with Crippen molar-refractivity contribution >= 4 is 67.8 Å². The van der Waals surface area contributed by atoms with Crippen molar-refractivity contribution in [2.45, 2.75) is 1.93 Å². The normalized spacial score (nSPS) is 10.6. The topological polar surface area (TPSA) is 12.9 Å². The highest BCUT2D eigenvalue weighted by molar-refractivity contribution is 14.2. The lowest BCUT2D eigenvalue weighted by Crippen LogP contribution is -1.94. The summed E-state index contributed by atoms with van der Waals surface area (Å²) in [6, 6.07) is 1.81. The van der Waals surface area contributed by atoms with Crippen molar-refractivity contribution in [3.8, 4) is 0 Å². The SMILES string of the molecule is Fc1nccc(I)c1C(I)I. The monoisotopic (exact) mass is 489 g/mol. The molecule has 0 fully saturated rings. The first-order valence-electron chi connectivity index (χ1n) is 2.71. The third-order valence-electron chi connectivity index (χ3n) is 1.11. The second kappa shape index (κ2) is 4.49. The molecule has 1 aromatic heterocycles. The summed E-state index contributed by atoms with van der Waals surface area (Å²) in [4.78, 5) is 3.58. The largest absolute Gasteiger partial charge is 0.228 e. The molecule has 0 aromatic carbocycles. The van der Waals surface area contributed by atoms with Crippen LogP contribution in [0.15, 0.2) is 12.3 Å². The molecule has 1 aromatic rings. The highest BCUT2D eigenvalue weighted by atomic mass is 127. The van der Waals surface area contributed by atoms with E-state index >= 15 is 0 Å². The molecular weight excluding hydrogens is 486 g/mol. The Morgan fingerprint density at radius 2 is 2.09 bits per heavy atom. The summed E-state index contributed by atoms with van der Waals surface area (Å²) in [7, 11) is 0. The molecule has 11 heavy (non-hydrogen) atoms. The maximum atomic E-state index is 13.0. The Balaban J connectivity index is 3.21.